The van der Waals surface area contributed by atoms with Gasteiger partial charge in [-0.2, -0.15) is 8.42 Å². The summed E-state index contributed by atoms with van der Waals surface area (Å²) in [6.45, 7) is 0. The number of hydrogen-bond donors (Lipinski definition) is 1. The van der Waals surface area contributed by atoms with Crippen LogP contribution in [0.15, 0.2) is 0 Å². The minimum Gasteiger partial charge on any atom is -0.285 e. The molecule has 0 aliphatic rings. The third-order valence-electron chi connectivity index (χ3n) is 0.138. The van der Waals surface area contributed by atoms with E-state index in [0.29, 0.717) is 0 Å². The summed E-state index contributed by atoms with van der Waals surface area (Å²) in [6, 6.07) is 0. The molecule has 38 valence electrons. The number of halogens is 1. The molecule has 0 heterocycles. The van der Waals surface area contributed by atoms with Crippen molar-refractivity contribution in [2.24, 2.45) is 0 Å². The fourth-order valence-electron chi connectivity index (χ4n) is 0. The van der Waals surface area contributed by atoms with Gasteiger partial charge in [0.2, 0.25) is 0 Å². The molecule has 0 saturated heterocycles. The molecule has 0 fully saturated rings. The first-order valence-corrected chi connectivity index (χ1v) is 3.22. The van der Waals surface area contributed by atoms with Crippen LogP contribution in [0, 0.1) is 0 Å². The van der Waals surface area contributed by atoms with Crippen LogP contribution in [-0.4, -0.2) is 18.2 Å². The van der Waals surface area contributed by atoms with E-state index in [2.05, 4.69) is 11.6 Å². The summed E-state index contributed by atoms with van der Waals surface area (Å²) >= 11 is 4.64. The first-order valence-electron chi connectivity index (χ1n) is 1.07. The second-order valence-corrected chi connectivity index (χ2v) is 2.73. The topological polar surface area (TPSA) is 54.4 Å². The number of rotatable bonds is 1. The molecule has 0 rings (SSSR count). The Hall–Kier alpha value is 1.20. The Kier molecular flexibility index (Phi) is 6.50. The van der Waals surface area contributed by atoms with Gasteiger partial charge in [-0.05, 0) is 0 Å². The number of hydrogen-bond acceptors (Lipinski definition) is 2. The Morgan fingerprint density at radius 2 is 1.71 bits per heavy atom. The van der Waals surface area contributed by atoms with Crippen LogP contribution in [0.25, 0.3) is 0 Å². The standard InChI is InChI=1S/CH3ClO3S.Na/c2-1-6(3,4)5;/h1H2,(H,3,4,5);/q;+1. The van der Waals surface area contributed by atoms with E-state index >= 15 is 0 Å². The summed E-state index contributed by atoms with van der Waals surface area (Å²) < 4.78 is 26.5. The summed E-state index contributed by atoms with van der Waals surface area (Å²) in [5, 5.41) is -0.729. The van der Waals surface area contributed by atoms with Crippen molar-refractivity contribution < 1.29 is 42.5 Å². The predicted molar refractivity (Wildman–Crippen MR) is 22.3 cm³/mol. The monoisotopic (exact) mass is 153 g/mol. The molecule has 0 aromatic carbocycles. The van der Waals surface area contributed by atoms with Gasteiger partial charge in [-0.25, -0.2) is 0 Å². The molecule has 7 heavy (non-hydrogen) atoms. The van der Waals surface area contributed by atoms with E-state index in [-0.39, 0.29) is 29.6 Å². The van der Waals surface area contributed by atoms with Crippen LogP contribution < -0.4 is 29.6 Å². The van der Waals surface area contributed by atoms with Crippen molar-refractivity contribution in [3.8, 4) is 0 Å². The molecule has 0 aromatic heterocycles. The van der Waals surface area contributed by atoms with Crippen molar-refractivity contribution >= 4 is 21.7 Å². The van der Waals surface area contributed by atoms with E-state index in [9.17, 15) is 8.42 Å². The zero-order valence-corrected chi connectivity index (χ0v) is 7.33. The van der Waals surface area contributed by atoms with Gasteiger partial charge in [-0.3, -0.25) is 4.55 Å². The summed E-state index contributed by atoms with van der Waals surface area (Å²) in [4.78, 5) is 0. The zero-order valence-electron chi connectivity index (χ0n) is 3.76. The van der Waals surface area contributed by atoms with Crippen molar-refractivity contribution in [1.82, 2.24) is 0 Å². The Morgan fingerprint density at radius 3 is 1.71 bits per heavy atom. The molecule has 0 radical (unpaired) electrons. The smallest absolute Gasteiger partial charge is 0.285 e. The molecule has 0 atom stereocenters. The van der Waals surface area contributed by atoms with Gasteiger partial charge >= 0.3 is 29.6 Å². The van der Waals surface area contributed by atoms with Gasteiger partial charge in [0.05, 0.1) is 0 Å². The van der Waals surface area contributed by atoms with Gasteiger partial charge in [0, 0.05) is 0 Å². The van der Waals surface area contributed by atoms with E-state index in [0.717, 1.165) is 0 Å². The van der Waals surface area contributed by atoms with Crippen molar-refractivity contribution in [3.63, 3.8) is 0 Å². The average Bonchev–Trinajstić information content (AvgIpc) is 1.35. The van der Waals surface area contributed by atoms with Crippen LogP contribution >= 0.6 is 11.6 Å². The van der Waals surface area contributed by atoms with Gasteiger partial charge in [0.1, 0.15) is 5.21 Å². The van der Waals surface area contributed by atoms with E-state index in [1.54, 1.807) is 0 Å². The Bertz CT molecular complexity index is 117. The van der Waals surface area contributed by atoms with Gasteiger partial charge in [0.25, 0.3) is 10.1 Å². The van der Waals surface area contributed by atoms with E-state index in [1.807, 2.05) is 0 Å². The Balaban J connectivity index is 0. The SMILES string of the molecule is O=S(=O)(O)CCl.[Na+]. The molecular formula is CH3ClNaO3S+. The third-order valence-corrected chi connectivity index (χ3v) is 1.24. The Morgan fingerprint density at radius 1 is 1.57 bits per heavy atom. The first-order chi connectivity index (χ1) is 2.56. The largest absolute Gasteiger partial charge is 1.00 e. The van der Waals surface area contributed by atoms with E-state index in [4.69, 9.17) is 4.55 Å². The molecule has 0 saturated carbocycles. The maximum Gasteiger partial charge on any atom is 1.00 e. The van der Waals surface area contributed by atoms with Crippen LogP contribution in [0.1, 0.15) is 0 Å². The first kappa shape index (κ1) is 11.1. The van der Waals surface area contributed by atoms with Gasteiger partial charge in [-0.1, -0.05) is 0 Å². The second-order valence-electron chi connectivity index (χ2n) is 0.691. The van der Waals surface area contributed by atoms with Crippen molar-refractivity contribution in [3.05, 3.63) is 0 Å². The number of alkyl halides is 1. The molecule has 0 spiro atoms. The summed E-state index contributed by atoms with van der Waals surface area (Å²) in [5.74, 6) is 0. The molecule has 0 bridgehead atoms. The van der Waals surface area contributed by atoms with Crippen LogP contribution in [0.4, 0.5) is 0 Å². The summed E-state index contributed by atoms with van der Waals surface area (Å²) in [7, 11) is -3.90. The van der Waals surface area contributed by atoms with Gasteiger partial charge in [0.15, 0.2) is 0 Å². The molecule has 0 aromatic rings. The maximum atomic E-state index is 9.42. The molecule has 6 heteroatoms. The minimum absolute atomic E-state index is 0. The van der Waals surface area contributed by atoms with Crippen LogP contribution in [0.5, 0.6) is 0 Å². The van der Waals surface area contributed by atoms with Crippen LogP contribution in [0.3, 0.4) is 0 Å². The van der Waals surface area contributed by atoms with Crippen LogP contribution in [0.2, 0.25) is 0 Å². The fourth-order valence-corrected chi connectivity index (χ4v) is 0. The molecule has 0 amide bonds. The fraction of sp³-hybridized carbons (Fsp3) is 1.00. The minimum atomic E-state index is -3.90. The average molecular weight is 154 g/mol. The zero-order chi connectivity index (χ0) is 5.21. The third kappa shape index (κ3) is 11.0. The van der Waals surface area contributed by atoms with Crippen molar-refractivity contribution in [1.29, 1.82) is 0 Å². The van der Waals surface area contributed by atoms with Gasteiger partial charge < -0.3 is 0 Å². The Labute approximate surface area is 69.1 Å². The molecule has 1 N–H and O–H groups in total. The normalized spacial score (nSPS) is 10.0. The summed E-state index contributed by atoms with van der Waals surface area (Å²) in [6.07, 6.45) is 0. The van der Waals surface area contributed by atoms with Gasteiger partial charge in [-0.15, -0.1) is 11.6 Å². The van der Waals surface area contributed by atoms with E-state index in [1.165, 1.54) is 0 Å². The van der Waals surface area contributed by atoms with Crippen molar-refractivity contribution in [2.45, 2.75) is 0 Å². The maximum absolute atomic E-state index is 9.42. The molecular weight excluding hydrogens is 151 g/mol. The molecule has 0 aliphatic carbocycles. The summed E-state index contributed by atoms with van der Waals surface area (Å²) in [5.41, 5.74) is 0. The van der Waals surface area contributed by atoms with Crippen LogP contribution in [-0.2, 0) is 10.1 Å². The molecule has 0 aliphatic heterocycles. The molecule has 3 nitrogen and oxygen atoms in total. The predicted octanol–water partition coefficient (Wildman–Crippen LogP) is -2.93. The quantitative estimate of drug-likeness (QED) is 0.249. The second kappa shape index (κ2) is 4.12. The van der Waals surface area contributed by atoms with E-state index < -0.39 is 15.3 Å². The van der Waals surface area contributed by atoms with Crippen molar-refractivity contribution in [2.75, 3.05) is 5.21 Å². The molecule has 0 unspecified atom stereocenters.